The molecule has 0 unspecified atom stereocenters. The smallest absolute Gasteiger partial charge is 0.126 e. The average molecular weight is 203 g/mol. The molecule has 1 aromatic rings. The van der Waals surface area contributed by atoms with Gasteiger partial charge in [-0.25, -0.2) is 4.39 Å². The molecule has 15 heavy (non-hydrogen) atoms. The van der Waals surface area contributed by atoms with Crippen LogP contribution in [0.3, 0.4) is 0 Å². The molecule has 78 valence electrons. The van der Waals surface area contributed by atoms with Gasteiger partial charge in [0.05, 0.1) is 6.54 Å². The van der Waals surface area contributed by atoms with Crippen molar-refractivity contribution in [3.8, 4) is 0 Å². The molecule has 0 aromatic heterocycles. The van der Waals surface area contributed by atoms with Crippen LogP contribution < -0.4 is 0 Å². The van der Waals surface area contributed by atoms with Crippen molar-refractivity contribution in [2.75, 3.05) is 6.54 Å². The Kier molecular flexibility index (Phi) is 2.67. The Morgan fingerprint density at radius 1 is 1.40 bits per heavy atom. The summed E-state index contributed by atoms with van der Waals surface area (Å²) in [5, 5.41) is 0. The van der Waals surface area contributed by atoms with E-state index in [0.29, 0.717) is 12.1 Å². The van der Waals surface area contributed by atoms with E-state index in [0.717, 1.165) is 23.3 Å². The summed E-state index contributed by atoms with van der Waals surface area (Å²) in [5.41, 5.74) is 3.86. The third-order valence-electron chi connectivity index (χ3n) is 2.70. The summed E-state index contributed by atoms with van der Waals surface area (Å²) in [7, 11) is 0. The number of aliphatic imine (C=N–C) groups is 1. The van der Waals surface area contributed by atoms with Crippen LogP contribution >= 0.6 is 0 Å². The van der Waals surface area contributed by atoms with Gasteiger partial charge in [-0.05, 0) is 42.2 Å². The number of aryl methyl sites for hydroxylation is 1. The lowest BCUT2D eigenvalue weighted by molar-refractivity contribution is 0.618. The monoisotopic (exact) mass is 203 g/mol. The molecule has 1 aliphatic rings. The summed E-state index contributed by atoms with van der Waals surface area (Å²) >= 11 is 0. The van der Waals surface area contributed by atoms with Crippen molar-refractivity contribution in [1.29, 1.82) is 0 Å². The minimum atomic E-state index is -0.140. The molecule has 2 heteroatoms. The molecule has 0 aliphatic carbocycles. The van der Waals surface area contributed by atoms with Crippen LogP contribution in [0.4, 0.5) is 4.39 Å². The Bertz CT molecular complexity index is 444. The van der Waals surface area contributed by atoms with Gasteiger partial charge in [-0.2, -0.15) is 0 Å². The highest BCUT2D eigenvalue weighted by molar-refractivity contribution is 6.04. The number of hydrogen-bond acceptors (Lipinski definition) is 1. The summed E-state index contributed by atoms with van der Waals surface area (Å²) < 4.78 is 13.3. The molecule has 1 aromatic carbocycles. The van der Waals surface area contributed by atoms with Crippen LogP contribution in [0.15, 0.2) is 29.3 Å². The van der Waals surface area contributed by atoms with Crippen LogP contribution in [0.5, 0.6) is 0 Å². The lowest BCUT2D eigenvalue weighted by Crippen LogP contribution is -1.89. The van der Waals surface area contributed by atoms with Crippen molar-refractivity contribution >= 4 is 11.3 Å². The first kappa shape index (κ1) is 10.1. The zero-order valence-electron chi connectivity index (χ0n) is 9.05. The predicted molar refractivity (Wildman–Crippen MR) is 61.7 cm³/mol. The average Bonchev–Trinajstić information content (AvgIpc) is 2.70. The summed E-state index contributed by atoms with van der Waals surface area (Å²) in [5.74, 6) is -0.140. The Balaban J connectivity index is 2.29. The lowest BCUT2D eigenvalue weighted by Gasteiger charge is -2.02. The van der Waals surface area contributed by atoms with Crippen LogP contribution in [0.2, 0.25) is 0 Å². The molecule has 0 saturated carbocycles. The van der Waals surface area contributed by atoms with Crippen molar-refractivity contribution in [2.45, 2.75) is 20.3 Å². The molecule has 1 nitrogen and oxygen atoms in total. The van der Waals surface area contributed by atoms with Crippen LogP contribution in [-0.2, 0) is 0 Å². The SMILES string of the molecule is CCC1=NCC(c2ccc(C)c(F)c2)=C1. The van der Waals surface area contributed by atoms with Gasteiger partial charge in [0.25, 0.3) is 0 Å². The minimum absolute atomic E-state index is 0.140. The molecule has 0 radical (unpaired) electrons. The molecule has 0 spiro atoms. The molecule has 1 heterocycles. The molecule has 2 rings (SSSR count). The van der Waals surface area contributed by atoms with Crippen molar-refractivity contribution in [3.05, 3.63) is 41.2 Å². The van der Waals surface area contributed by atoms with Gasteiger partial charge in [0.2, 0.25) is 0 Å². The summed E-state index contributed by atoms with van der Waals surface area (Å²) in [6, 6.07) is 5.36. The van der Waals surface area contributed by atoms with E-state index in [9.17, 15) is 4.39 Å². The number of rotatable bonds is 2. The maximum Gasteiger partial charge on any atom is 0.126 e. The van der Waals surface area contributed by atoms with Crippen LogP contribution in [-0.4, -0.2) is 12.3 Å². The molecule has 0 N–H and O–H groups in total. The number of benzene rings is 1. The first-order chi connectivity index (χ1) is 7.20. The van der Waals surface area contributed by atoms with E-state index in [1.54, 1.807) is 13.0 Å². The predicted octanol–water partition coefficient (Wildman–Crippen LogP) is 3.38. The second-order valence-corrected chi connectivity index (χ2v) is 3.79. The molecular weight excluding hydrogens is 189 g/mol. The topological polar surface area (TPSA) is 12.4 Å². The van der Waals surface area contributed by atoms with E-state index in [1.807, 2.05) is 12.1 Å². The highest BCUT2D eigenvalue weighted by atomic mass is 19.1. The van der Waals surface area contributed by atoms with E-state index >= 15 is 0 Å². The molecule has 0 atom stereocenters. The zero-order valence-corrected chi connectivity index (χ0v) is 9.05. The maximum absolute atomic E-state index is 13.3. The van der Waals surface area contributed by atoms with Crippen LogP contribution in [0.1, 0.15) is 24.5 Å². The molecule has 0 saturated heterocycles. The Morgan fingerprint density at radius 2 is 2.20 bits per heavy atom. The van der Waals surface area contributed by atoms with E-state index in [4.69, 9.17) is 0 Å². The van der Waals surface area contributed by atoms with Gasteiger partial charge in [-0.1, -0.05) is 19.1 Å². The summed E-state index contributed by atoms with van der Waals surface area (Å²) in [6.07, 6.45) is 3.00. The quantitative estimate of drug-likeness (QED) is 0.698. The summed E-state index contributed by atoms with van der Waals surface area (Å²) in [6.45, 7) is 4.54. The molecular formula is C13H14FN. The highest BCUT2D eigenvalue weighted by Gasteiger charge is 2.10. The minimum Gasteiger partial charge on any atom is -0.285 e. The van der Waals surface area contributed by atoms with Crippen molar-refractivity contribution in [3.63, 3.8) is 0 Å². The van der Waals surface area contributed by atoms with Gasteiger partial charge in [-0.15, -0.1) is 0 Å². The van der Waals surface area contributed by atoms with Crippen molar-refractivity contribution < 1.29 is 4.39 Å². The highest BCUT2D eigenvalue weighted by Crippen LogP contribution is 2.22. The Hall–Kier alpha value is -1.44. The van der Waals surface area contributed by atoms with E-state index in [-0.39, 0.29) is 5.82 Å². The first-order valence-electron chi connectivity index (χ1n) is 5.21. The Morgan fingerprint density at radius 3 is 2.80 bits per heavy atom. The van der Waals surface area contributed by atoms with Crippen LogP contribution in [0, 0.1) is 12.7 Å². The van der Waals surface area contributed by atoms with E-state index in [1.165, 1.54) is 0 Å². The fraction of sp³-hybridized carbons (Fsp3) is 0.308. The fourth-order valence-corrected chi connectivity index (χ4v) is 1.66. The van der Waals surface area contributed by atoms with Gasteiger partial charge < -0.3 is 0 Å². The fourth-order valence-electron chi connectivity index (χ4n) is 1.66. The number of halogens is 1. The normalized spacial score (nSPS) is 15.1. The lowest BCUT2D eigenvalue weighted by atomic mass is 10.0. The first-order valence-corrected chi connectivity index (χ1v) is 5.21. The van der Waals surface area contributed by atoms with Gasteiger partial charge in [-0.3, -0.25) is 4.99 Å². The maximum atomic E-state index is 13.3. The van der Waals surface area contributed by atoms with E-state index in [2.05, 4.69) is 18.0 Å². The van der Waals surface area contributed by atoms with Crippen LogP contribution in [0.25, 0.3) is 5.57 Å². The summed E-state index contributed by atoms with van der Waals surface area (Å²) in [4.78, 5) is 4.37. The number of allylic oxidation sites excluding steroid dienone is 1. The standard InChI is InChI=1S/C13H14FN/c1-3-12-6-11(8-15-12)10-5-4-9(2)13(14)7-10/h4-7H,3,8H2,1-2H3. The van der Waals surface area contributed by atoms with E-state index < -0.39 is 0 Å². The third-order valence-corrected chi connectivity index (χ3v) is 2.70. The molecule has 0 amide bonds. The zero-order chi connectivity index (χ0) is 10.8. The number of hydrogen-bond donors (Lipinski definition) is 0. The van der Waals surface area contributed by atoms with Crippen molar-refractivity contribution in [2.24, 2.45) is 4.99 Å². The molecule has 0 fully saturated rings. The van der Waals surface area contributed by atoms with Gasteiger partial charge in [0, 0.05) is 5.71 Å². The number of nitrogens with zero attached hydrogens (tertiary/aromatic N) is 1. The Labute approximate surface area is 89.4 Å². The second kappa shape index (κ2) is 3.97. The van der Waals surface area contributed by atoms with Gasteiger partial charge in [0.15, 0.2) is 0 Å². The largest absolute Gasteiger partial charge is 0.285 e. The van der Waals surface area contributed by atoms with Gasteiger partial charge in [0.1, 0.15) is 5.82 Å². The third kappa shape index (κ3) is 1.99. The van der Waals surface area contributed by atoms with Crippen molar-refractivity contribution in [1.82, 2.24) is 0 Å². The molecule has 1 aliphatic heterocycles. The molecule has 0 bridgehead atoms. The van der Waals surface area contributed by atoms with Gasteiger partial charge >= 0.3 is 0 Å². The second-order valence-electron chi connectivity index (χ2n) is 3.79.